The Balaban J connectivity index is 2.61. The summed E-state index contributed by atoms with van der Waals surface area (Å²) in [5.74, 6) is -0.256. The maximum atomic E-state index is 13.6. The molecule has 0 aliphatic heterocycles. The first-order chi connectivity index (χ1) is 7.79. The zero-order valence-corrected chi connectivity index (χ0v) is 12.1. The van der Waals surface area contributed by atoms with Gasteiger partial charge in [0.1, 0.15) is 15.7 Å². The highest BCUT2D eigenvalue weighted by atomic mass is 79.9. The summed E-state index contributed by atoms with van der Waals surface area (Å²) in [7, 11) is -2.98. The maximum absolute atomic E-state index is 13.6. The minimum atomic E-state index is -2.98. The van der Waals surface area contributed by atoms with Gasteiger partial charge in [0.2, 0.25) is 0 Å². The summed E-state index contributed by atoms with van der Waals surface area (Å²) in [6.07, 6.45) is 1.18. The fourth-order valence-corrected chi connectivity index (χ4v) is 2.25. The van der Waals surface area contributed by atoms with Crippen molar-refractivity contribution in [3.8, 4) is 0 Å². The van der Waals surface area contributed by atoms with Gasteiger partial charge in [-0.15, -0.1) is 0 Å². The first-order valence-corrected chi connectivity index (χ1v) is 8.01. The Hall–Kier alpha value is -0.460. The van der Waals surface area contributed by atoms with E-state index in [4.69, 9.17) is 0 Å². The fraction of sp³-hybridized carbons (Fsp3) is 0.455. The lowest BCUT2D eigenvalue weighted by molar-refractivity contribution is 0.537. The number of sulfone groups is 1. The topological polar surface area (TPSA) is 46.2 Å². The number of halogens is 2. The minimum absolute atomic E-state index is 0.0511. The molecule has 1 atom stereocenters. The van der Waals surface area contributed by atoms with Crippen molar-refractivity contribution in [2.45, 2.75) is 13.0 Å². The molecule has 0 saturated heterocycles. The van der Waals surface area contributed by atoms with Gasteiger partial charge in [0.05, 0.1) is 5.75 Å². The van der Waals surface area contributed by atoms with Gasteiger partial charge in [-0.3, -0.25) is 0 Å². The van der Waals surface area contributed by atoms with E-state index in [1.807, 2.05) is 0 Å². The van der Waals surface area contributed by atoms with E-state index >= 15 is 0 Å². The molecule has 0 heterocycles. The molecule has 6 heteroatoms. The summed E-state index contributed by atoms with van der Waals surface area (Å²) in [6, 6.07) is 4.61. The van der Waals surface area contributed by atoms with E-state index in [-0.39, 0.29) is 17.6 Å². The Morgan fingerprint density at radius 3 is 2.65 bits per heavy atom. The molecule has 1 N–H and O–H groups in total. The third kappa shape index (κ3) is 5.14. The molecule has 1 unspecified atom stereocenters. The molecule has 1 aromatic carbocycles. The van der Waals surface area contributed by atoms with Crippen LogP contribution in [-0.4, -0.2) is 27.0 Å². The van der Waals surface area contributed by atoms with E-state index in [1.165, 1.54) is 12.3 Å². The van der Waals surface area contributed by atoms with Crippen molar-refractivity contribution in [2.24, 2.45) is 0 Å². The quantitative estimate of drug-likeness (QED) is 0.904. The summed E-state index contributed by atoms with van der Waals surface area (Å²) in [6.45, 7) is 2.12. The summed E-state index contributed by atoms with van der Waals surface area (Å²) in [5.41, 5.74) is 0.529. The molecule has 0 amide bonds. The van der Waals surface area contributed by atoms with Crippen molar-refractivity contribution < 1.29 is 12.8 Å². The van der Waals surface area contributed by atoms with Crippen LogP contribution in [0.15, 0.2) is 22.7 Å². The number of hydrogen-bond donors (Lipinski definition) is 1. The molecular formula is C11H15BrFNO2S. The summed E-state index contributed by atoms with van der Waals surface area (Å²) < 4.78 is 36.1. The molecule has 0 saturated carbocycles. The standard InChI is InChI=1S/C11H15BrFNO2S/c1-8(14-5-6-17(2,15)16)10-4-3-9(12)7-11(10)13/h3-4,7-8,14H,5-6H2,1-2H3. The Bertz CT molecular complexity index is 490. The van der Waals surface area contributed by atoms with Crippen molar-refractivity contribution >= 4 is 25.8 Å². The fourth-order valence-electron chi connectivity index (χ4n) is 1.42. The number of benzene rings is 1. The molecule has 17 heavy (non-hydrogen) atoms. The zero-order valence-electron chi connectivity index (χ0n) is 9.70. The van der Waals surface area contributed by atoms with Crippen molar-refractivity contribution in [2.75, 3.05) is 18.6 Å². The molecule has 96 valence electrons. The second kappa shape index (κ2) is 5.93. The second-order valence-electron chi connectivity index (χ2n) is 3.97. The highest BCUT2D eigenvalue weighted by Gasteiger charge is 2.11. The predicted octanol–water partition coefficient (Wildman–Crippen LogP) is 2.28. The van der Waals surface area contributed by atoms with Gasteiger partial charge in [0.25, 0.3) is 0 Å². The lowest BCUT2D eigenvalue weighted by Crippen LogP contribution is -2.25. The predicted molar refractivity (Wildman–Crippen MR) is 70.2 cm³/mol. The van der Waals surface area contributed by atoms with Gasteiger partial charge in [-0.25, -0.2) is 12.8 Å². The van der Waals surface area contributed by atoms with Crippen LogP contribution in [-0.2, 0) is 9.84 Å². The van der Waals surface area contributed by atoms with Crippen LogP contribution in [0.4, 0.5) is 4.39 Å². The smallest absolute Gasteiger partial charge is 0.148 e. The maximum Gasteiger partial charge on any atom is 0.148 e. The number of nitrogens with one attached hydrogen (secondary N) is 1. The minimum Gasteiger partial charge on any atom is -0.309 e. The molecular weight excluding hydrogens is 309 g/mol. The molecule has 0 radical (unpaired) electrons. The van der Waals surface area contributed by atoms with Crippen LogP contribution in [0.3, 0.4) is 0 Å². The lowest BCUT2D eigenvalue weighted by Gasteiger charge is -2.14. The molecule has 0 aliphatic carbocycles. The normalized spacial score (nSPS) is 13.6. The lowest BCUT2D eigenvalue weighted by atomic mass is 10.1. The SMILES string of the molecule is CC(NCCS(C)(=O)=O)c1ccc(Br)cc1F. The van der Waals surface area contributed by atoms with Crippen LogP contribution in [0.1, 0.15) is 18.5 Å². The average Bonchev–Trinajstić information content (AvgIpc) is 2.15. The Morgan fingerprint density at radius 1 is 1.47 bits per heavy atom. The molecule has 3 nitrogen and oxygen atoms in total. The second-order valence-corrected chi connectivity index (χ2v) is 7.15. The number of rotatable bonds is 5. The van der Waals surface area contributed by atoms with Gasteiger partial charge in [0, 0.05) is 28.9 Å². The first kappa shape index (κ1) is 14.6. The van der Waals surface area contributed by atoms with Crippen LogP contribution in [0.25, 0.3) is 0 Å². The Labute approximate surface area is 109 Å². The number of hydrogen-bond acceptors (Lipinski definition) is 3. The summed E-state index contributed by atoms with van der Waals surface area (Å²) in [4.78, 5) is 0. The van der Waals surface area contributed by atoms with Gasteiger partial charge in [-0.1, -0.05) is 22.0 Å². The van der Waals surface area contributed by atoms with Crippen LogP contribution >= 0.6 is 15.9 Å². The molecule has 0 fully saturated rings. The summed E-state index contributed by atoms with van der Waals surface area (Å²) >= 11 is 3.18. The van der Waals surface area contributed by atoms with Crippen LogP contribution in [0, 0.1) is 5.82 Å². The molecule has 0 bridgehead atoms. The monoisotopic (exact) mass is 323 g/mol. The van der Waals surface area contributed by atoms with E-state index in [9.17, 15) is 12.8 Å². The zero-order chi connectivity index (χ0) is 13.1. The molecule has 0 spiro atoms. The van der Waals surface area contributed by atoms with Crippen molar-refractivity contribution in [3.63, 3.8) is 0 Å². The highest BCUT2D eigenvalue weighted by molar-refractivity contribution is 9.10. The van der Waals surface area contributed by atoms with Gasteiger partial charge >= 0.3 is 0 Å². The molecule has 1 aromatic rings. The molecule has 0 aliphatic rings. The van der Waals surface area contributed by atoms with E-state index in [1.54, 1.807) is 19.1 Å². The summed E-state index contributed by atoms with van der Waals surface area (Å²) in [5, 5.41) is 2.98. The first-order valence-electron chi connectivity index (χ1n) is 5.15. The van der Waals surface area contributed by atoms with E-state index in [0.717, 1.165) is 0 Å². The van der Waals surface area contributed by atoms with Crippen molar-refractivity contribution in [1.82, 2.24) is 5.32 Å². The van der Waals surface area contributed by atoms with Gasteiger partial charge in [0.15, 0.2) is 0 Å². The van der Waals surface area contributed by atoms with Crippen molar-refractivity contribution in [3.05, 3.63) is 34.1 Å². The van der Waals surface area contributed by atoms with Crippen LogP contribution in [0.2, 0.25) is 0 Å². The third-order valence-corrected chi connectivity index (χ3v) is 3.79. The third-order valence-electron chi connectivity index (χ3n) is 2.35. The molecule has 1 rings (SSSR count). The van der Waals surface area contributed by atoms with E-state index in [2.05, 4.69) is 21.2 Å². The molecule has 0 aromatic heterocycles. The van der Waals surface area contributed by atoms with Crippen LogP contribution < -0.4 is 5.32 Å². The van der Waals surface area contributed by atoms with E-state index in [0.29, 0.717) is 16.6 Å². The Morgan fingerprint density at radius 2 is 2.12 bits per heavy atom. The highest BCUT2D eigenvalue weighted by Crippen LogP contribution is 2.20. The van der Waals surface area contributed by atoms with Crippen LogP contribution in [0.5, 0.6) is 0 Å². The van der Waals surface area contributed by atoms with Gasteiger partial charge in [-0.05, 0) is 19.1 Å². The van der Waals surface area contributed by atoms with Gasteiger partial charge < -0.3 is 5.32 Å². The van der Waals surface area contributed by atoms with Gasteiger partial charge in [-0.2, -0.15) is 0 Å². The van der Waals surface area contributed by atoms with Crippen molar-refractivity contribution in [1.29, 1.82) is 0 Å². The largest absolute Gasteiger partial charge is 0.309 e. The Kier molecular flexibility index (Phi) is 5.09. The van der Waals surface area contributed by atoms with E-state index < -0.39 is 9.84 Å². The average molecular weight is 324 g/mol.